The van der Waals surface area contributed by atoms with Crippen LogP contribution in [0.5, 0.6) is 5.75 Å². The van der Waals surface area contributed by atoms with Crippen LogP contribution in [0.25, 0.3) is 0 Å². The number of carbonyl (C=O) groups excluding carboxylic acids is 1. The van der Waals surface area contributed by atoms with Gasteiger partial charge in [-0.05, 0) is 73.7 Å². The van der Waals surface area contributed by atoms with E-state index in [4.69, 9.17) is 14.6 Å². The summed E-state index contributed by atoms with van der Waals surface area (Å²) in [5, 5.41) is 11.8. The summed E-state index contributed by atoms with van der Waals surface area (Å²) in [6.07, 6.45) is -15.3. The first-order valence-corrected chi connectivity index (χ1v) is 15.2. The number of hydrogen-bond donors (Lipinski definition) is 2. The van der Waals surface area contributed by atoms with Gasteiger partial charge >= 0.3 is 60.1 Å². The molecule has 0 radical (unpaired) electrons. The molecule has 1 amide bonds. The van der Waals surface area contributed by atoms with Gasteiger partial charge in [0.05, 0.1) is 53.5 Å². The van der Waals surface area contributed by atoms with Gasteiger partial charge in [-0.3, -0.25) is 9.69 Å². The molecule has 1 aromatic heterocycles. The van der Waals surface area contributed by atoms with Crippen molar-refractivity contribution in [1.29, 1.82) is 0 Å². The minimum atomic E-state index is -5.12. The van der Waals surface area contributed by atoms with Gasteiger partial charge in [-0.1, -0.05) is 6.92 Å². The number of carboxylic acids is 1. The van der Waals surface area contributed by atoms with E-state index in [2.05, 4.69) is 15.3 Å². The minimum Gasteiger partial charge on any atom is -1.00 e. The molecule has 3 aromatic rings. The number of nitrogens with zero attached hydrogens (tertiary/aromatic N) is 3. The molecular weight excluding hydrogens is 714 g/mol. The Morgan fingerprint density at radius 2 is 1.59 bits per heavy atom. The van der Waals surface area contributed by atoms with E-state index in [9.17, 15) is 49.1 Å². The summed E-state index contributed by atoms with van der Waals surface area (Å²) < 4.78 is 133. The maximum Gasteiger partial charge on any atom is 1.00 e. The maximum absolute atomic E-state index is 13.8. The molecule has 4 rings (SSSR count). The van der Waals surface area contributed by atoms with Crippen molar-refractivity contribution in [2.24, 2.45) is 0 Å². The zero-order chi connectivity index (χ0) is 37.0. The van der Waals surface area contributed by atoms with Gasteiger partial charge in [-0.15, -0.1) is 0 Å². The fourth-order valence-corrected chi connectivity index (χ4v) is 5.46. The second kappa shape index (κ2) is 16.7. The Bertz CT molecular complexity index is 1680. The summed E-state index contributed by atoms with van der Waals surface area (Å²) in [5.41, 5.74) is -4.62. The molecule has 0 aliphatic carbocycles. The Hall–Kier alpha value is -3.77. The van der Waals surface area contributed by atoms with Crippen molar-refractivity contribution in [2.45, 2.75) is 76.6 Å². The Morgan fingerprint density at radius 1 is 0.961 bits per heavy atom. The number of benzene rings is 2. The summed E-state index contributed by atoms with van der Waals surface area (Å²) in [5.74, 6) is -1.56. The van der Waals surface area contributed by atoms with E-state index in [0.29, 0.717) is 18.6 Å². The van der Waals surface area contributed by atoms with E-state index in [0.717, 1.165) is 24.4 Å². The monoisotopic (exact) mass is 746 g/mol. The first-order valence-electron chi connectivity index (χ1n) is 15.2. The number of nitrogens with one attached hydrogen (secondary N) is 1. The van der Waals surface area contributed by atoms with Crippen LogP contribution in [0.4, 0.5) is 55.9 Å². The quantitative estimate of drug-likeness (QED) is 0.144. The molecule has 19 heteroatoms. The van der Waals surface area contributed by atoms with Crippen molar-refractivity contribution >= 4 is 23.7 Å². The van der Waals surface area contributed by atoms with E-state index in [1.807, 2.05) is 0 Å². The number of fused-ring (bicyclic) bond motifs is 1. The Morgan fingerprint density at radius 3 is 2.14 bits per heavy atom. The van der Waals surface area contributed by atoms with Crippen LogP contribution in [0.2, 0.25) is 0 Å². The molecule has 0 unspecified atom stereocenters. The van der Waals surface area contributed by atoms with Crippen LogP contribution < -0.4 is 44.5 Å². The van der Waals surface area contributed by atoms with Crippen LogP contribution in [-0.2, 0) is 34.5 Å². The number of anilines is 2. The van der Waals surface area contributed by atoms with E-state index in [1.54, 1.807) is 13.8 Å². The zero-order valence-corrected chi connectivity index (χ0v) is 29.5. The summed E-state index contributed by atoms with van der Waals surface area (Å²) in [4.78, 5) is 33.5. The average Bonchev–Trinajstić information content (AvgIpc) is 3.02. The topological polar surface area (TPSA) is 114 Å². The second-order valence-corrected chi connectivity index (χ2v) is 11.3. The maximum atomic E-state index is 13.8. The molecular formula is C32H32F9N4NaO5. The van der Waals surface area contributed by atoms with E-state index < -0.39 is 71.3 Å². The van der Waals surface area contributed by atoms with E-state index in [-0.39, 0.29) is 98.2 Å². The third-order valence-corrected chi connectivity index (χ3v) is 7.74. The van der Waals surface area contributed by atoms with Gasteiger partial charge in [0.15, 0.2) is 5.75 Å². The Kier molecular flexibility index (Phi) is 13.6. The molecule has 0 bridgehead atoms. The van der Waals surface area contributed by atoms with Crippen molar-refractivity contribution in [3.05, 3.63) is 76.1 Å². The summed E-state index contributed by atoms with van der Waals surface area (Å²) in [6, 6.07) is 2.29. The number of ether oxygens (including phenoxy) is 2. The predicted octanol–water partition coefficient (Wildman–Crippen LogP) is 5.78. The number of aliphatic carboxylic acids is 1. The standard InChI is InChI=1S/C32H31F9N4O5.Na.H/c1-3-21-15-23(22-14-18(30(33,34)35)7-8-25(22)45(21)29(48)49-4-2)43-28-42-16-26(50-9-5-6-27(46)47)24(44-28)12-17-10-19(31(36,37)38)13-20(11-17)32(39,40)41;;/h7-8,10-11,13-14,16,21,23H,3-6,9,12,15H2,1-2H3,(H,46,47)(H,42,43,44);;/q;+1;-1/t21-,23+;;/m1../s1. The molecule has 0 fully saturated rings. The van der Waals surface area contributed by atoms with Gasteiger partial charge < -0.3 is 21.3 Å². The van der Waals surface area contributed by atoms with Crippen LogP contribution in [0.3, 0.4) is 0 Å². The van der Waals surface area contributed by atoms with Crippen molar-refractivity contribution in [3.8, 4) is 5.75 Å². The minimum absolute atomic E-state index is 0. The number of aromatic nitrogens is 2. The normalized spacial score (nSPS) is 16.2. The van der Waals surface area contributed by atoms with Crippen molar-refractivity contribution in [3.63, 3.8) is 0 Å². The largest absolute Gasteiger partial charge is 1.00 e. The fourth-order valence-electron chi connectivity index (χ4n) is 5.46. The summed E-state index contributed by atoms with van der Waals surface area (Å²) in [6.45, 7) is 3.10. The molecule has 2 heterocycles. The van der Waals surface area contributed by atoms with Crippen molar-refractivity contribution in [2.75, 3.05) is 23.4 Å². The molecule has 1 aliphatic heterocycles. The molecule has 2 atom stereocenters. The molecule has 2 aromatic carbocycles. The number of carbonyl (C=O) groups is 2. The molecule has 274 valence electrons. The van der Waals surface area contributed by atoms with Gasteiger partial charge in [0.2, 0.25) is 5.95 Å². The molecule has 2 N–H and O–H groups in total. The molecule has 1 aliphatic rings. The molecule has 0 spiro atoms. The first kappa shape index (κ1) is 41.6. The third kappa shape index (κ3) is 10.6. The average molecular weight is 747 g/mol. The number of rotatable bonds is 11. The molecule has 0 saturated heterocycles. The van der Waals surface area contributed by atoms with Crippen LogP contribution >= 0.6 is 0 Å². The number of hydrogen-bond acceptors (Lipinski definition) is 7. The van der Waals surface area contributed by atoms with Crippen LogP contribution in [0, 0.1) is 0 Å². The SMILES string of the molecule is CCOC(=O)N1c2ccc(C(F)(F)F)cc2[C@@H](Nc2ncc(OCCCC(=O)O)c(Cc3cc(C(F)(F)F)cc(C(F)(F)F)c3)n2)C[C@H]1CC.[H-].[Na+]. The Labute approximate surface area is 309 Å². The van der Waals surface area contributed by atoms with Crippen molar-refractivity contribution in [1.82, 2.24) is 9.97 Å². The zero-order valence-electron chi connectivity index (χ0n) is 28.5. The number of halogens is 9. The van der Waals surface area contributed by atoms with Crippen molar-refractivity contribution < 1.29 is 94.7 Å². The molecule has 9 nitrogen and oxygen atoms in total. The fraction of sp³-hybridized carbons (Fsp3) is 0.438. The molecule has 51 heavy (non-hydrogen) atoms. The summed E-state index contributed by atoms with van der Waals surface area (Å²) in [7, 11) is 0. The van der Waals surface area contributed by atoms with E-state index in [1.165, 1.54) is 4.90 Å². The van der Waals surface area contributed by atoms with Gasteiger partial charge in [0, 0.05) is 18.9 Å². The van der Waals surface area contributed by atoms with Crippen LogP contribution in [0.1, 0.15) is 80.5 Å². The first-order chi connectivity index (χ1) is 23.3. The second-order valence-electron chi connectivity index (χ2n) is 11.3. The van der Waals surface area contributed by atoms with Gasteiger partial charge in [-0.2, -0.15) is 39.5 Å². The number of alkyl halides is 9. The number of carboxylic acid groups (broad SMARTS) is 1. The Balaban J connectivity index is 0.00000468. The smallest absolute Gasteiger partial charge is 1.00 e. The van der Waals surface area contributed by atoms with Crippen LogP contribution in [-0.4, -0.2) is 46.4 Å². The van der Waals surface area contributed by atoms with Gasteiger partial charge in [-0.25, -0.2) is 14.8 Å². The van der Waals surface area contributed by atoms with Crippen LogP contribution in [0.15, 0.2) is 42.6 Å². The molecule has 0 saturated carbocycles. The van der Waals surface area contributed by atoms with Gasteiger partial charge in [0.1, 0.15) is 0 Å². The summed E-state index contributed by atoms with van der Waals surface area (Å²) >= 11 is 0. The predicted molar refractivity (Wildman–Crippen MR) is 161 cm³/mol. The van der Waals surface area contributed by atoms with E-state index >= 15 is 0 Å². The van der Waals surface area contributed by atoms with Gasteiger partial charge in [0.25, 0.3) is 0 Å². The third-order valence-electron chi connectivity index (χ3n) is 7.74. The number of amides is 1.